The van der Waals surface area contributed by atoms with Gasteiger partial charge in [-0.05, 0) is 19.4 Å². The van der Waals surface area contributed by atoms with Gasteiger partial charge in [0.25, 0.3) is 5.92 Å². The zero-order chi connectivity index (χ0) is 27.6. The lowest BCUT2D eigenvalue weighted by molar-refractivity contribution is -0.0760. The zero-order valence-electron chi connectivity index (χ0n) is 21.6. The summed E-state index contributed by atoms with van der Waals surface area (Å²) in [5.74, 6) is -2.11. The third-order valence-electron chi connectivity index (χ3n) is 7.25. The maximum Gasteiger partial charge on any atom is 0.413 e. The van der Waals surface area contributed by atoms with E-state index in [1.165, 1.54) is 31.7 Å². The van der Waals surface area contributed by atoms with E-state index in [1.807, 2.05) is 0 Å². The van der Waals surface area contributed by atoms with Gasteiger partial charge in [-0.15, -0.1) is 0 Å². The molecule has 0 spiro atoms. The van der Waals surface area contributed by atoms with Gasteiger partial charge in [0.1, 0.15) is 18.0 Å². The lowest BCUT2D eigenvalue weighted by Crippen LogP contribution is -2.60. The molecule has 4 heterocycles. The first-order chi connectivity index (χ1) is 18.7. The fraction of sp³-hybridized carbons (Fsp3) is 0.583. The normalized spacial score (nSPS) is 25.2. The van der Waals surface area contributed by atoms with Crippen LogP contribution in [0.2, 0.25) is 0 Å². The van der Waals surface area contributed by atoms with Gasteiger partial charge in [0.15, 0.2) is 5.82 Å². The van der Waals surface area contributed by atoms with E-state index >= 15 is 0 Å². The average molecular weight is 548 g/mol. The number of aromatic nitrogens is 4. The number of urea groups is 1. The van der Waals surface area contributed by atoms with E-state index in [2.05, 4.69) is 35.9 Å². The Balaban J connectivity index is 1.21. The Kier molecular flexibility index (Phi) is 7.59. The Morgan fingerprint density at radius 1 is 1.21 bits per heavy atom. The van der Waals surface area contributed by atoms with Crippen molar-refractivity contribution in [1.82, 2.24) is 30.2 Å². The molecule has 5 rings (SSSR count). The molecule has 210 valence electrons. The first kappa shape index (κ1) is 26.7. The second kappa shape index (κ2) is 11.1. The summed E-state index contributed by atoms with van der Waals surface area (Å²) >= 11 is 0. The van der Waals surface area contributed by atoms with E-state index in [0.29, 0.717) is 18.6 Å². The lowest BCUT2D eigenvalue weighted by atomic mass is 10.00. The highest BCUT2D eigenvalue weighted by Crippen LogP contribution is 2.34. The van der Waals surface area contributed by atoms with Crippen LogP contribution in [0.15, 0.2) is 24.7 Å². The minimum absolute atomic E-state index is 0.0324. The molecular weight excluding hydrogens is 516 g/mol. The number of alkyl halides is 2. The first-order valence-electron chi connectivity index (χ1n) is 12.9. The number of hydrogen-bond acceptors (Lipinski definition) is 10. The highest BCUT2D eigenvalue weighted by atomic mass is 19.3. The van der Waals surface area contributed by atoms with Crippen LogP contribution in [0.1, 0.15) is 26.2 Å². The summed E-state index contributed by atoms with van der Waals surface area (Å²) < 4.78 is 40.7. The number of halogens is 2. The summed E-state index contributed by atoms with van der Waals surface area (Å²) in [6, 6.07) is -0.355. The predicted molar refractivity (Wildman–Crippen MR) is 136 cm³/mol. The minimum Gasteiger partial charge on any atom is -0.477 e. The van der Waals surface area contributed by atoms with E-state index in [0.717, 1.165) is 24.3 Å². The zero-order valence-corrected chi connectivity index (χ0v) is 21.6. The van der Waals surface area contributed by atoms with Gasteiger partial charge in [0.05, 0.1) is 19.0 Å². The molecule has 3 fully saturated rings. The number of carbonyl (C=O) groups excluding carboxylic acids is 2. The number of likely N-dealkylation sites (N-methyl/N-ethyl adjacent to an activating group) is 1. The van der Waals surface area contributed by atoms with Gasteiger partial charge >= 0.3 is 12.1 Å². The third kappa shape index (κ3) is 6.08. The van der Waals surface area contributed by atoms with Gasteiger partial charge in [-0.2, -0.15) is 4.98 Å². The SMILES string of the molecule is CCOc1cnc(NC(=O)N(C)C2CN(c3nccc(NC(=O)OC4CC5CC4CN5)n3)CCC2(F)F)cn1. The van der Waals surface area contributed by atoms with Crippen LogP contribution in [0.25, 0.3) is 0 Å². The van der Waals surface area contributed by atoms with Crippen molar-refractivity contribution in [2.45, 2.75) is 50.3 Å². The van der Waals surface area contributed by atoms with Gasteiger partial charge < -0.3 is 24.6 Å². The van der Waals surface area contributed by atoms with Crippen molar-refractivity contribution in [1.29, 1.82) is 0 Å². The molecule has 2 bridgehead atoms. The minimum atomic E-state index is -3.15. The number of amides is 3. The van der Waals surface area contributed by atoms with Gasteiger partial charge in [-0.25, -0.2) is 33.3 Å². The van der Waals surface area contributed by atoms with Crippen molar-refractivity contribution in [3.63, 3.8) is 0 Å². The molecule has 2 saturated heterocycles. The summed E-state index contributed by atoms with van der Waals surface area (Å²) in [7, 11) is 1.29. The van der Waals surface area contributed by atoms with Crippen molar-refractivity contribution >= 4 is 29.7 Å². The monoisotopic (exact) mass is 547 g/mol. The number of carbonyl (C=O) groups is 2. The second-order valence-corrected chi connectivity index (χ2v) is 9.83. The molecule has 15 heteroatoms. The molecule has 3 aliphatic rings. The number of anilines is 3. The molecule has 4 unspecified atom stereocenters. The van der Waals surface area contributed by atoms with Gasteiger partial charge in [-0.3, -0.25) is 10.6 Å². The summed E-state index contributed by atoms with van der Waals surface area (Å²) in [6.45, 7) is 2.78. The number of nitrogens with one attached hydrogen (secondary N) is 3. The Morgan fingerprint density at radius 3 is 2.74 bits per heavy atom. The quantitative estimate of drug-likeness (QED) is 0.472. The molecule has 1 aliphatic carbocycles. The van der Waals surface area contributed by atoms with E-state index < -0.39 is 30.5 Å². The Labute approximate surface area is 223 Å². The Bertz CT molecular complexity index is 1190. The number of fused-ring (bicyclic) bond motifs is 2. The number of rotatable bonds is 7. The molecule has 2 aromatic heterocycles. The second-order valence-electron chi connectivity index (χ2n) is 9.83. The van der Waals surface area contributed by atoms with E-state index in [4.69, 9.17) is 9.47 Å². The molecule has 39 heavy (non-hydrogen) atoms. The van der Waals surface area contributed by atoms with Crippen LogP contribution in [0.4, 0.5) is 36.0 Å². The van der Waals surface area contributed by atoms with Crippen LogP contribution in [0.3, 0.4) is 0 Å². The molecular formula is C24H31F2N9O4. The fourth-order valence-electron chi connectivity index (χ4n) is 5.19. The van der Waals surface area contributed by atoms with Gasteiger partial charge in [-0.1, -0.05) is 0 Å². The van der Waals surface area contributed by atoms with E-state index in [1.54, 1.807) is 11.8 Å². The van der Waals surface area contributed by atoms with E-state index in [9.17, 15) is 18.4 Å². The summed E-state index contributed by atoms with van der Waals surface area (Å²) in [5, 5.41) is 8.46. The predicted octanol–water partition coefficient (Wildman–Crippen LogP) is 2.34. The summed E-state index contributed by atoms with van der Waals surface area (Å²) in [6.07, 6.45) is 4.56. The largest absolute Gasteiger partial charge is 0.477 e. The van der Waals surface area contributed by atoms with Gasteiger partial charge in [0, 0.05) is 57.7 Å². The highest BCUT2D eigenvalue weighted by molar-refractivity contribution is 5.88. The standard InChI is InChI=1S/C24H31F2N9O4/c1-3-38-20-12-29-19(11-30-20)32-22(36)34(2)17-13-35(7-5-24(17,25)26)21-27-6-4-18(31-21)33-23(37)39-16-9-15-8-14(16)10-28-15/h4,6,11-12,14-17,28H,3,5,7-10,13H2,1-2H3,(H,29,32,36)(H,27,31,33,37). The summed E-state index contributed by atoms with van der Waals surface area (Å²) in [4.78, 5) is 44.3. The lowest BCUT2D eigenvalue weighted by Gasteiger charge is -2.42. The van der Waals surface area contributed by atoms with Crippen LogP contribution in [0, 0.1) is 5.92 Å². The van der Waals surface area contributed by atoms with Crippen LogP contribution in [0.5, 0.6) is 5.88 Å². The number of hydrogen-bond donors (Lipinski definition) is 3. The maximum absolute atomic E-state index is 14.9. The average Bonchev–Trinajstić information content (AvgIpc) is 3.53. The molecule has 3 N–H and O–H groups in total. The topological polar surface area (TPSA) is 147 Å². The third-order valence-corrected chi connectivity index (χ3v) is 7.25. The van der Waals surface area contributed by atoms with Crippen molar-refractivity contribution in [3.8, 4) is 5.88 Å². The van der Waals surface area contributed by atoms with Crippen LogP contribution in [-0.4, -0.2) is 94.4 Å². The molecule has 3 amide bonds. The number of ether oxygens (including phenoxy) is 2. The summed E-state index contributed by atoms with van der Waals surface area (Å²) in [5.41, 5.74) is 0. The maximum atomic E-state index is 14.9. The van der Waals surface area contributed by atoms with Crippen LogP contribution in [-0.2, 0) is 4.74 Å². The van der Waals surface area contributed by atoms with Crippen LogP contribution >= 0.6 is 0 Å². The Morgan fingerprint density at radius 2 is 2.05 bits per heavy atom. The molecule has 1 saturated carbocycles. The van der Waals surface area contributed by atoms with Crippen molar-refractivity contribution in [3.05, 3.63) is 24.7 Å². The molecule has 13 nitrogen and oxygen atoms in total. The fourth-order valence-corrected chi connectivity index (χ4v) is 5.19. The molecule has 2 aliphatic heterocycles. The molecule has 0 aromatic carbocycles. The Hall–Kier alpha value is -3.88. The molecule has 2 aromatic rings. The number of nitrogens with zero attached hydrogens (tertiary/aromatic N) is 6. The molecule has 4 atom stereocenters. The van der Waals surface area contributed by atoms with Crippen molar-refractivity contribution < 1.29 is 27.8 Å². The highest BCUT2D eigenvalue weighted by Gasteiger charge is 2.48. The number of piperidine rings is 2. The smallest absolute Gasteiger partial charge is 0.413 e. The van der Waals surface area contributed by atoms with Gasteiger partial charge in [0.2, 0.25) is 11.8 Å². The van der Waals surface area contributed by atoms with E-state index in [-0.39, 0.29) is 42.7 Å². The molecule has 0 radical (unpaired) electrons. The van der Waals surface area contributed by atoms with Crippen LogP contribution < -0.4 is 25.6 Å². The first-order valence-corrected chi connectivity index (χ1v) is 12.9. The van der Waals surface area contributed by atoms with Crippen molar-refractivity contribution in [2.75, 3.05) is 48.8 Å². The van der Waals surface area contributed by atoms with Crippen molar-refractivity contribution in [2.24, 2.45) is 5.92 Å².